The van der Waals surface area contributed by atoms with Gasteiger partial charge in [0.1, 0.15) is 6.54 Å². The summed E-state index contributed by atoms with van der Waals surface area (Å²) in [7, 11) is 1.22. The van der Waals surface area contributed by atoms with Gasteiger partial charge in [-0.2, -0.15) is 13.2 Å². The van der Waals surface area contributed by atoms with Crippen LogP contribution in [0.25, 0.3) is 11.3 Å². The number of nitro groups is 1. The number of nitrogens with zero attached hydrogens (tertiary/aromatic N) is 4. The first-order valence-electron chi connectivity index (χ1n) is 6.72. The first-order chi connectivity index (χ1) is 11.6. The number of alkyl halides is 3. The van der Waals surface area contributed by atoms with E-state index in [0.717, 1.165) is 11.0 Å². The van der Waals surface area contributed by atoms with Crippen molar-refractivity contribution in [3.05, 3.63) is 46.1 Å². The van der Waals surface area contributed by atoms with Crippen LogP contribution in [0.3, 0.4) is 0 Å². The van der Waals surface area contributed by atoms with E-state index >= 15 is 0 Å². The molecule has 8 nitrogen and oxygen atoms in total. The molecule has 0 fully saturated rings. The van der Waals surface area contributed by atoms with E-state index in [-0.39, 0.29) is 16.9 Å². The molecule has 1 N–H and O–H groups in total. The quantitative estimate of drug-likeness (QED) is 0.648. The van der Waals surface area contributed by atoms with Gasteiger partial charge in [-0.1, -0.05) is 12.1 Å². The van der Waals surface area contributed by atoms with Gasteiger partial charge in [0.15, 0.2) is 5.69 Å². The van der Waals surface area contributed by atoms with E-state index in [2.05, 4.69) is 9.97 Å². The molecule has 2 rings (SSSR count). The number of aromatic nitrogens is 2. The second-order valence-electron chi connectivity index (χ2n) is 4.99. The molecule has 0 bridgehead atoms. The third kappa shape index (κ3) is 4.40. The molecule has 1 aromatic carbocycles. The van der Waals surface area contributed by atoms with Gasteiger partial charge in [0.25, 0.3) is 5.69 Å². The smallest absolute Gasteiger partial charge is 0.433 e. The third-order valence-corrected chi connectivity index (χ3v) is 3.07. The molecule has 0 aliphatic carbocycles. The Kier molecular flexibility index (Phi) is 4.86. The Morgan fingerprint density at radius 2 is 2.00 bits per heavy atom. The Morgan fingerprint density at radius 3 is 2.56 bits per heavy atom. The third-order valence-electron chi connectivity index (χ3n) is 3.07. The van der Waals surface area contributed by atoms with Crippen molar-refractivity contribution in [1.82, 2.24) is 9.97 Å². The molecular formula is C14H11F3N4O4. The molecule has 0 saturated heterocycles. The zero-order valence-corrected chi connectivity index (χ0v) is 12.7. The average Bonchev–Trinajstić information content (AvgIpc) is 2.53. The van der Waals surface area contributed by atoms with Gasteiger partial charge in [-0.25, -0.2) is 9.97 Å². The van der Waals surface area contributed by atoms with Crippen LogP contribution in [0.2, 0.25) is 0 Å². The van der Waals surface area contributed by atoms with Crippen molar-refractivity contribution in [3.8, 4) is 11.3 Å². The molecule has 132 valence electrons. The van der Waals surface area contributed by atoms with Gasteiger partial charge in [0.2, 0.25) is 5.95 Å². The molecule has 0 amide bonds. The van der Waals surface area contributed by atoms with Gasteiger partial charge in [-0.05, 0) is 6.07 Å². The summed E-state index contributed by atoms with van der Waals surface area (Å²) >= 11 is 0. The van der Waals surface area contributed by atoms with Gasteiger partial charge in [0, 0.05) is 24.7 Å². The summed E-state index contributed by atoms with van der Waals surface area (Å²) < 4.78 is 39.2. The number of halogens is 3. The Hall–Kier alpha value is -3.24. The van der Waals surface area contributed by atoms with E-state index < -0.39 is 35.3 Å². The highest BCUT2D eigenvalue weighted by molar-refractivity contribution is 5.73. The van der Waals surface area contributed by atoms with Crippen molar-refractivity contribution < 1.29 is 28.0 Å². The molecule has 0 aliphatic heterocycles. The number of aliphatic carboxylic acids is 1. The highest BCUT2D eigenvalue weighted by atomic mass is 19.4. The van der Waals surface area contributed by atoms with Gasteiger partial charge < -0.3 is 10.0 Å². The standard InChI is InChI=1S/C14H11F3N4O4/c1-20(7-12(22)23)13-18-10(6-11(19-13)14(15,16)17)8-3-2-4-9(5-8)21(24)25/h2-6H,7H2,1H3,(H,22,23). The molecule has 1 heterocycles. The molecule has 0 aliphatic rings. The SMILES string of the molecule is CN(CC(=O)O)c1nc(-c2cccc([N+](=O)[O-])c2)cc(C(F)(F)F)n1. The lowest BCUT2D eigenvalue weighted by molar-refractivity contribution is -0.384. The first-order valence-corrected chi connectivity index (χ1v) is 6.72. The molecule has 1 aromatic heterocycles. The van der Waals surface area contributed by atoms with E-state index in [0.29, 0.717) is 6.07 Å². The van der Waals surface area contributed by atoms with Crippen molar-refractivity contribution >= 4 is 17.6 Å². The molecule has 0 saturated carbocycles. The Labute approximate surface area is 138 Å². The fraction of sp³-hybridized carbons (Fsp3) is 0.214. The van der Waals surface area contributed by atoms with E-state index in [9.17, 15) is 28.1 Å². The van der Waals surface area contributed by atoms with E-state index in [1.54, 1.807) is 0 Å². The minimum atomic E-state index is -4.79. The fourth-order valence-electron chi connectivity index (χ4n) is 1.95. The van der Waals surface area contributed by atoms with E-state index in [1.165, 1.54) is 25.2 Å². The van der Waals surface area contributed by atoms with Crippen molar-refractivity contribution in [3.63, 3.8) is 0 Å². The summed E-state index contributed by atoms with van der Waals surface area (Å²) in [6.07, 6.45) is -4.79. The first kappa shape index (κ1) is 18.1. The largest absolute Gasteiger partial charge is 0.480 e. The van der Waals surface area contributed by atoms with Crippen molar-refractivity contribution in [2.24, 2.45) is 0 Å². The maximum absolute atomic E-state index is 13.1. The number of carboxylic acid groups (broad SMARTS) is 1. The lowest BCUT2D eigenvalue weighted by Gasteiger charge is -2.17. The molecule has 0 radical (unpaired) electrons. The summed E-state index contributed by atoms with van der Waals surface area (Å²) in [5, 5.41) is 19.6. The summed E-state index contributed by atoms with van der Waals surface area (Å²) in [6, 6.07) is 5.58. The summed E-state index contributed by atoms with van der Waals surface area (Å²) in [5.41, 5.74) is -1.73. The predicted octanol–water partition coefficient (Wildman–Crippen LogP) is 2.59. The van der Waals surface area contributed by atoms with Gasteiger partial charge in [-0.15, -0.1) is 0 Å². The number of likely N-dealkylation sites (N-methyl/N-ethyl adjacent to an activating group) is 1. The predicted molar refractivity (Wildman–Crippen MR) is 80.0 cm³/mol. The number of rotatable bonds is 5. The second kappa shape index (κ2) is 6.71. The fourth-order valence-corrected chi connectivity index (χ4v) is 1.95. The number of hydrogen-bond acceptors (Lipinski definition) is 6. The van der Waals surface area contributed by atoms with E-state index in [1.807, 2.05) is 0 Å². The van der Waals surface area contributed by atoms with Crippen LogP contribution in [-0.2, 0) is 11.0 Å². The average molecular weight is 356 g/mol. The van der Waals surface area contributed by atoms with Gasteiger partial charge in [-0.3, -0.25) is 14.9 Å². The highest BCUT2D eigenvalue weighted by Gasteiger charge is 2.34. The number of anilines is 1. The maximum Gasteiger partial charge on any atom is 0.433 e. The summed E-state index contributed by atoms with van der Waals surface area (Å²) in [4.78, 5) is 29.0. The number of carboxylic acids is 1. The topological polar surface area (TPSA) is 109 Å². The number of nitro benzene ring substituents is 1. The lowest BCUT2D eigenvalue weighted by Crippen LogP contribution is -2.28. The minimum absolute atomic E-state index is 0.0760. The van der Waals surface area contributed by atoms with Gasteiger partial charge in [0.05, 0.1) is 10.6 Å². The van der Waals surface area contributed by atoms with Crippen LogP contribution in [0.15, 0.2) is 30.3 Å². The number of benzene rings is 1. The van der Waals surface area contributed by atoms with Crippen LogP contribution in [0.5, 0.6) is 0 Å². The number of hydrogen-bond donors (Lipinski definition) is 1. The normalized spacial score (nSPS) is 11.2. The Bertz CT molecular complexity index is 826. The van der Waals surface area contributed by atoms with Crippen LogP contribution in [-0.4, -0.2) is 39.6 Å². The number of carbonyl (C=O) groups is 1. The molecule has 0 atom stereocenters. The van der Waals surface area contributed by atoms with Crippen molar-refractivity contribution in [2.75, 3.05) is 18.5 Å². The maximum atomic E-state index is 13.1. The Morgan fingerprint density at radius 1 is 1.32 bits per heavy atom. The molecule has 0 spiro atoms. The zero-order valence-electron chi connectivity index (χ0n) is 12.7. The Balaban J connectivity index is 2.59. The number of non-ortho nitro benzene ring substituents is 1. The van der Waals surface area contributed by atoms with Crippen LogP contribution in [0.4, 0.5) is 24.8 Å². The molecule has 25 heavy (non-hydrogen) atoms. The van der Waals surface area contributed by atoms with Crippen LogP contribution < -0.4 is 4.90 Å². The zero-order chi connectivity index (χ0) is 18.8. The minimum Gasteiger partial charge on any atom is -0.480 e. The van der Waals surface area contributed by atoms with Crippen molar-refractivity contribution in [2.45, 2.75) is 6.18 Å². The molecule has 2 aromatic rings. The van der Waals surface area contributed by atoms with Crippen LogP contribution >= 0.6 is 0 Å². The molecule has 11 heteroatoms. The monoisotopic (exact) mass is 356 g/mol. The van der Waals surface area contributed by atoms with Crippen LogP contribution in [0, 0.1) is 10.1 Å². The lowest BCUT2D eigenvalue weighted by atomic mass is 10.1. The second-order valence-corrected chi connectivity index (χ2v) is 4.99. The van der Waals surface area contributed by atoms with Crippen LogP contribution in [0.1, 0.15) is 5.69 Å². The molecular weight excluding hydrogens is 345 g/mol. The van der Waals surface area contributed by atoms with Crippen molar-refractivity contribution in [1.29, 1.82) is 0 Å². The van der Waals surface area contributed by atoms with E-state index in [4.69, 9.17) is 5.11 Å². The highest BCUT2D eigenvalue weighted by Crippen LogP contribution is 2.32. The summed E-state index contributed by atoms with van der Waals surface area (Å²) in [6.45, 7) is -0.615. The molecule has 0 unspecified atom stereocenters. The summed E-state index contributed by atoms with van der Waals surface area (Å²) in [5.74, 6) is -1.74. The van der Waals surface area contributed by atoms with Gasteiger partial charge >= 0.3 is 12.1 Å².